The average Bonchev–Trinajstić information content (AvgIpc) is 2.31. The van der Waals surface area contributed by atoms with Crippen LogP contribution in [0.5, 0.6) is 0 Å². The zero-order chi connectivity index (χ0) is 12.7. The molecule has 3 N–H and O–H groups in total. The maximum absolute atomic E-state index is 11.5. The number of hydrogen-bond donors (Lipinski definition) is 2. The smallest absolute Gasteiger partial charge is 0.230 e. The number of hydrogen-bond acceptors (Lipinski definition) is 3. The van der Waals surface area contributed by atoms with Crippen molar-refractivity contribution in [2.75, 3.05) is 18.0 Å². The number of benzene rings is 1. The van der Waals surface area contributed by atoms with Gasteiger partial charge in [-0.3, -0.25) is 4.79 Å². The second kappa shape index (κ2) is 7.45. The first-order chi connectivity index (χ1) is 8.13. The molecule has 0 aliphatic heterocycles. The molecule has 0 spiro atoms. The molecule has 0 atom stereocenters. The van der Waals surface area contributed by atoms with E-state index in [-0.39, 0.29) is 5.91 Å². The average molecular weight is 273 g/mol. The minimum Gasteiger partial charge on any atom is -0.398 e. The molecule has 0 heterocycles. The molecule has 0 radical (unpaired) electrons. The third-order valence-corrected chi connectivity index (χ3v) is 3.52. The summed E-state index contributed by atoms with van der Waals surface area (Å²) in [4.78, 5) is 12.4. The van der Waals surface area contributed by atoms with Crippen molar-refractivity contribution >= 4 is 35.0 Å². The minimum absolute atomic E-state index is 0.0522. The van der Waals surface area contributed by atoms with Crippen molar-refractivity contribution in [3.05, 3.63) is 23.2 Å². The highest BCUT2D eigenvalue weighted by molar-refractivity contribution is 8.00. The topological polar surface area (TPSA) is 55.1 Å². The van der Waals surface area contributed by atoms with Crippen molar-refractivity contribution in [2.45, 2.75) is 24.7 Å². The Kier molecular flexibility index (Phi) is 6.22. The van der Waals surface area contributed by atoms with Crippen molar-refractivity contribution in [1.82, 2.24) is 5.32 Å². The second-order valence-electron chi connectivity index (χ2n) is 3.68. The van der Waals surface area contributed by atoms with Gasteiger partial charge in [0.2, 0.25) is 5.91 Å². The number of anilines is 1. The van der Waals surface area contributed by atoms with E-state index in [0.29, 0.717) is 16.5 Å². The Hall–Kier alpha value is -0.870. The molecular weight excluding hydrogens is 256 g/mol. The lowest BCUT2D eigenvalue weighted by Gasteiger charge is -2.05. The standard InChI is InChI=1S/C12H17ClN2OS/c1-2-3-6-15-12(16)8-17-9-4-5-11(14)10(13)7-9/h4-5,7H,2-3,6,8,14H2,1H3,(H,15,16). The molecule has 5 heteroatoms. The van der Waals surface area contributed by atoms with Crippen molar-refractivity contribution in [2.24, 2.45) is 0 Å². The Labute approximate surface area is 111 Å². The summed E-state index contributed by atoms with van der Waals surface area (Å²) in [5.41, 5.74) is 6.16. The number of nitrogens with one attached hydrogen (secondary N) is 1. The van der Waals surface area contributed by atoms with Crippen molar-refractivity contribution in [1.29, 1.82) is 0 Å². The molecule has 17 heavy (non-hydrogen) atoms. The number of carbonyl (C=O) groups excluding carboxylic acids is 1. The Morgan fingerprint density at radius 3 is 2.94 bits per heavy atom. The molecule has 1 aromatic carbocycles. The zero-order valence-electron chi connectivity index (χ0n) is 9.83. The molecule has 1 aromatic rings. The lowest BCUT2D eigenvalue weighted by atomic mass is 10.3. The van der Waals surface area contributed by atoms with Gasteiger partial charge in [0.1, 0.15) is 0 Å². The van der Waals surface area contributed by atoms with E-state index in [1.165, 1.54) is 11.8 Å². The predicted octanol–water partition coefficient (Wildman–Crippen LogP) is 2.93. The fourth-order valence-corrected chi connectivity index (χ4v) is 2.21. The van der Waals surface area contributed by atoms with Crippen LogP contribution in [-0.4, -0.2) is 18.2 Å². The number of unbranched alkanes of at least 4 members (excludes halogenated alkanes) is 1. The number of nitrogen functional groups attached to an aromatic ring is 1. The van der Waals surface area contributed by atoms with Crippen LogP contribution in [0.4, 0.5) is 5.69 Å². The van der Waals surface area contributed by atoms with E-state index < -0.39 is 0 Å². The monoisotopic (exact) mass is 272 g/mol. The van der Waals surface area contributed by atoms with E-state index in [9.17, 15) is 4.79 Å². The number of carbonyl (C=O) groups is 1. The summed E-state index contributed by atoms with van der Waals surface area (Å²) < 4.78 is 0. The maximum Gasteiger partial charge on any atom is 0.230 e. The second-order valence-corrected chi connectivity index (χ2v) is 5.13. The van der Waals surface area contributed by atoms with Gasteiger partial charge in [0, 0.05) is 11.4 Å². The minimum atomic E-state index is 0.0522. The number of thioether (sulfide) groups is 1. The summed E-state index contributed by atoms with van der Waals surface area (Å²) in [6.07, 6.45) is 2.10. The van der Waals surface area contributed by atoms with Gasteiger partial charge in [-0.25, -0.2) is 0 Å². The van der Waals surface area contributed by atoms with Gasteiger partial charge in [0.15, 0.2) is 0 Å². The SMILES string of the molecule is CCCCNC(=O)CSc1ccc(N)c(Cl)c1. The Balaban J connectivity index is 2.34. The first kappa shape index (κ1) is 14.2. The first-order valence-corrected chi connectivity index (χ1v) is 6.94. The Morgan fingerprint density at radius 1 is 1.53 bits per heavy atom. The third kappa shape index (κ3) is 5.33. The molecule has 0 aliphatic carbocycles. The summed E-state index contributed by atoms with van der Waals surface area (Å²) >= 11 is 7.35. The molecule has 0 saturated heterocycles. The summed E-state index contributed by atoms with van der Waals surface area (Å²) in [6, 6.07) is 5.39. The molecule has 0 aromatic heterocycles. The summed E-state index contributed by atoms with van der Waals surface area (Å²) in [7, 11) is 0. The molecular formula is C12H17ClN2OS. The number of nitrogens with two attached hydrogens (primary N) is 1. The highest BCUT2D eigenvalue weighted by Gasteiger charge is 2.03. The van der Waals surface area contributed by atoms with E-state index in [0.717, 1.165) is 24.3 Å². The van der Waals surface area contributed by atoms with Gasteiger partial charge < -0.3 is 11.1 Å². The molecule has 0 fully saturated rings. The Morgan fingerprint density at radius 2 is 2.29 bits per heavy atom. The van der Waals surface area contributed by atoms with Crippen LogP contribution < -0.4 is 11.1 Å². The normalized spacial score (nSPS) is 10.2. The van der Waals surface area contributed by atoms with Crippen LogP contribution in [0.1, 0.15) is 19.8 Å². The first-order valence-electron chi connectivity index (χ1n) is 5.58. The van der Waals surface area contributed by atoms with Gasteiger partial charge in [-0.1, -0.05) is 24.9 Å². The van der Waals surface area contributed by atoms with E-state index in [2.05, 4.69) is 12.2 Å². The van der Waals surface area contributed by atoms with E-state index >= 15 is 0 Å². The summed E-state index contributed by atoms with van der Waals surface area (Å²) in [6.45, 7) is 2.84. The van der Waals surface area contributed by atoms with Gasteiger partial charge >= 0.3 is 0 Å². The van der Waals surface area contributed by atoms with Gasteiger partial charge in [0.25, 0.3) is 0 Å². The van der Waals surface area contributed by atoms with Crippen molar-refractivity contribution in [3.8, 4) is 0 Å². The van der Waals surface area contributed by atoms with Crippen LogP contribution in [-0.2, 0) is 4.79 Å². The van der Waals surface area contributed by atoms with E-state index in [4.69, 9.17) is 17.3 Å². The summed E-state index contributed by atoms with van der Waals surface area (Å²) in [5, 5.41) is 3.39. The third-order valence-electron chi connectivity index (χ3n) is 2.19. The van der Waals surface area contributed by atoms with Crippen LogP contribution in [0, 0.1) is 0 Å². The molecule has 3 nitrogen and oxygen atoms in total. The molecule has 0 aliphatic rings. The number of amides is 1. The molecule has 0 unspecified atom stereocenters. The molecule has 0 saturated carbocycles. The van der Waals surface area contributed by atoms with Crippen LogP contribution in [0.2, 0.25) is 5.02 Å². The van der Waals surface area contributed by atoms with Crippen molar-refractivity contribution in [3.63, 3.8) is 0 Å². The van der Waals surface area contributed by atoms with E-state index in [1.807, 2.05) is 6.07 Å². The van der Waals surface area contributed by atoms with Gasteiger partial charge in [-0.2, -0.15) is 0 Å². The van der Waals surface area contributed by atoms with Crippen LogP contribution in [0.25, 0.3) is 0 Å². The molecule has 0 bridgehead atoms. The predicted molar refractivity (Wildman–Crippen MR) is 74.5 cm³/mol. The lowest BCUT2D eigenvalue weighted by molar-refractivity contribution is -0.118. The van der Waals surface area contributed by atoms with Gasteiger partial charge in [-0.15, -0.1) is 11.8 Å². The fraction of sp³-hybridized carbons (Fsp3) is 0.417. The maximum atomic E-state index is 11.5. The largest absolute Gasteiger partial charge is 0.398 e. The Bertz CT molecular complexity index is 385. The van der Waals surface area contributed by atoms with Crippen LogP contribution >= 0.6 is 23.4 Å². The lowest BCUT2D eigenvalue weighted by Crippen LogP contribution is -2.25. The number of rotatable bonds is 6. The van der Waals surface area contributed by atoms with Gasteiger partial charge in [0.05, 0.1) is 16.5 Å². The van der Waals surface area contributed by atoms with Crippen LogP contribution in [0.3, 0.4) is 0 Å². The van der Waals surface area contributed by atoms with E-state index in [1.54, 1.807) is 12.1 Å². The summed E-state index contributed by atoms with van der Waals surface area (Å²) in [5.74, 6) is 0.459. The highest BCUT2D eigenvalue weighted by atomic mass is 35.5. The molecule has 1 amide bonds. The molecule has 94 valence electrons. The zero-order valence-corrected chi connectivity index (χ0v) is 11.4. The van der Waals surface area contributed by atoms with Crippen molar-refractivity contribution < 1.29 is 4.79 Å². The fourth-order valence-electron chi connectivity index (χ4n) is 1.20. The quantitative estimate of drug-likeness (QED) is 0.476. The number of halogens is 1. The van der Waals surface area contributed by atoms with Gasteiger partial charge in [-0.05, 0) is 24.6 Å². The highest BCUT2D eigenvalue weighted by Crippen LogP contribution is 2.26. The molecule has 1 rings (SSSR count). The van der Waals surface area contributed by atoms with Crippen LogP contribution in [0.15, 0.2) is 23.1 Å².